The molecule has 0 saturated heterocycles. The van der Waals surface area contributed by atoms with E-state index in [1.807, 2.05) is 6.07 Å². The van der Waals surface area contributed by atoms with E-state index in [0.29, 0.717) is 12.5 Å². The van der Waals surface area contributed by atoms with Crippen molar-refractivity contribution in [3.8, 4) is 0 Å². The Labute approximate surface area is 85.4 Å². The number of halogens is 1. The van der Waals surface area contributed by atoms with Crippen LogP contribution in [-0.2, 0) is 6.54 Å². The van der Waals surface area contributed by atoms with Crippen molar-refractivity contribution in [1.82, 2.24) is 20.2 Å². The molecule has 0 atom stereocenters. The molecule has 76 valence electrons. The molecule has 0 aliphatic carbocycles. The Bertz CT molecular complexity index is 416. The molecule has 0 aliphatic rings. The maximum absolute atomic E-state index is 12.5. The van der Waals surface area contributed by atoms with Crippen molar-refractivity contribution in [2.45, 2.75) is 6.54 Å². The first-order valence-electron chi connectivity index (χ1n) is 4.32. The van der Waals surface area contributed by atoms with E-state index in [2.05, 4.69) is 25.5 Å². The van der Waals surface area contributed by atoms with Gasteiger partial charge in [-0.3, -0.25) is 0 Å². The van der Waals surface area contributed by atoms with Gasteiger partial charge in [-0.25, -0.2) is 14.4 Å². The lowest BCUT2D eigenvalue weighted by atomic mass is 10.4. The fraction of sp³-hybridized carbons (Fsp3) is 0.111. The number of aromatic nitrogens is 4. The first-order chi connectivity index (χ1) is 7.34. The van der Waals surface area contributed by atoms with Crippen LogP contribution in [0.4, 0.5) is 10.3 Å². The largest absolute Gasteiger partial charge is 0.348 e. The first kappa shape index (κ1) is 9.45. The average Bonchev–Trinajstić information content (AvgIpc) is 2.30. The molecule has 0 unspecified atom stereocenters. The summed E-state index contributed by atoms with van der Waals surface area (Å²) in [5, 5.41) is 10.5. The molecule has 2 heterocycles. The van der Waals surface area contributed by atoms with Crippen molar-refractivity contribution < 1.29 is 4.39 Å². The molecular formula is C9H8FN5. The Morgan fingerprint density at radius 2 is 2.07 bits per heavy atom. The molecule has 2 aromatic rings. The smallest absolute Gasteiger partial charge is 0.223 e. The Kier molecular flexibility index (Phi) is 2.77. The van der Waals surface area contributed by atoms with Crippen molar-refractivity contribution >= 4 is 5.95 Å². The minimum absolute atomic E-state index is 0.363. The molecule has 0 aromatic carbocycles. The number of rotatable bonds is 3. The Hall–Kier alpha value is -2.11. The van der Waals surface area contributed by atoms with E-state index in [-0.39, 0.29) is 0 Å². The fourth-order valence-corrected chi connectivity index (χ4v) is 1.00. The summed E-state index contributed by atoms with van der Waals surface area (Å²) in [6.07, 6.45) is 3.80. The van der Waals surface area contributed by atoms with Gasteiger partial charge in [0.2, 0.25) is 5.95 Å². The van der Waals surface area contributed by atoms with Gasteiger partial charge in [-0.05, 0) is 12.1 Å². The van der Waals surface area contributed by atoms with Crippen molar-refractivity contribution in [2.75, 3.05) is 5.32 Å². The van der Waals surface area contributed by atoms with Gasteiger partial charge in [0.1, 0.15) is 0 Å². The van der Waals surface area contributed by atoms with Crippen molar-refractivity contribution in [3.63, 3.8) is 0 Å². The predicted molar refractivity (Wildman–Crippen MR) is 51.3 cm³/mol. The van der Waals surface area contributed by atoms with Gasteiger partial charge >= 0.3 is 0 Å². The zero-order chi connectivity index (χ0) is 10.5. The highest BCUT2D eigenvalue weighted by Gasteiger charge is 1.97. The van der Waals surface area contributed by atoms with Gasteiger partial charge in [-0.15, -0.1) is 0 Å². The second kappa shape index (κ2) is 4.41. The summed E-state index contributed by atoms with van der Waals surface area (Å²) >= 11 is 0. The molecule has 0 bridgehead atoms. The topological polar surface area (TPSA) is 63.6 Å². The quantitative estimate of drug-likeness (QED) is 0.810. The summed E-state index contributed by atoms with van der Waals surface area (Å²) in [6, 6.07) is 3.61. The standard InChI is InChI=1S/C9H8FN5/c10-7-4-11-9(12-5-7)13-6-8-2-1-3-14-15-8/h1-5H,6H2,(H,11,12,13). The average molecular weight is 205 g/mol. The lowest BCUT2D eigenvalue weighted by Crippen LogP contribution is -2.05. The van der Waals surface area contributed by atoms with Crippen LogP contribution < -0.4 is 5.32 Å². The predicted octanol–water partition coefficient (Wildman–Crippen LogP) is 1.02. The second-order valence-electron chi connectivity index (χ2n) is 2.79. The lowest BCUT2D eigenvalue weighted by Gasteiger charge is -2.02. The van der Waals surface area contributed by atoms with Gasteiger partial charge in [-0.1, -0.05) is 0 Å². The normalized spacial score (nSPS) is 9.93. The van der Waals surface area contributed by atoms with Crippen molar-refractivity contribution in [3.05, 3.63) is 42.2 Å². The number of nitrogens with one attached hydrogen (secondary N) is 1. The summed E-state index contributed by atoms with van der Waals surface area (Å²) in [7, 11) is 0. The molecule has 0 spiro atoms. The van der Waals surface area contributed by atoms with E-state index in [0.717, 1.165) is 18.1 Å². The summed E-state index contributed by atoms with van der Waals surface area (Å²) in [6.45, 7) is 0.458. The SMILES string of the molecule is Fc1cnc(NCc2cccnn2)nc1. The zero-order valence-corrected chi connectivity index (χ0v) is 7.76. The van der Waals surface area contributed by atoms with Gasteiger partial charge in [0.25, 0.3) is 0 Å². The third-order valence-corrected chi connectivity index (χ3v) is 1.68. The third kappa shape index (κ3) is 2.67. The summed E-state index contributed by atoms with van der Waals surface area (Å²) in [5.41, 5.74) is 0.769. The molecule has 2 aromatic heterocycles. The van der Waals surface area contributed by atoms with Gasteiger partial charge in [-0.2, -0.15) is 10.2 Å². The minimum atomic E-state index is -0.458. The van der Waals surface area contributed by atoms with Crippen LogP contribution in [0.2, 0.25) is 0 Å². The molecule has 1 N–H and O–H groups in total. The molecule has 5 nitrogen and oxygen atoms in total. The Morgan fingerprint density at radius 3 is 2.73 bits per heavy atom. The van der Waals surface area contributed by atoms with Crippen LogP contribution in [0.25, 0.3) is 0 Å². The molecule has 0 aliphatic heterocycles. The fourth-order valence-electron chi connectivity index (χ4n) is 1.00. The Morgan fingerprint density at radius 1 is 1.27 bits per heavy atom. The highest BCUT2D eigenvalue weighted by molar-refractivity contribution is 5.23. The molecule has 6 heteroatoms. The molecule has 2 rings (SSSR count). The van der Waals surface area contributed by atoms with Gasteiger partial charge in [0.15, 0.2) is 5.82 Å². The third-order valence-electron chi connectivity index (χ3n) is 1.68. The minimum Gasteiger partial charge on any atom is -0.348 e. The van der Waals surface area contributed by atoms with Crippen LogP contribution in [0.3, 0.4) is 0 Å². The van der Waals surface area contributed by atoms with Gasteiger partial charge in [0, 0.05) is 6.20 Å². The van der Waals surface area contributed by atoms with Crippen LogP contribution in [0.5, 0.6) is 0 Å². The summed E-state index contributed by atoms with van der Waals surface area (Å²) in [5.74, 6) is -0.0953. The number of anilines is 1. The maximum atomic E-state index is 12.5. The van der Waals surface area contributed by atoms with E-state index in [4.69, 9.17) is 0 Å². The monoisotopic (exact) mass is 205 g/mol. The second-order valence-corrected chi connectivity index (χ2v) is 2.79. The summed E-state index contributed by atoms with van der Waals surface area (Å²) in [4.78, 5) is 7.50. The molecule has 0 saturated carbocycles. The van der Waals surface area contributed by atoms with E-state index in [1.165, 1.54) is 0 Å². The molecule has 0 fully saturated rings. The van der Waals surface area contributed by atoms with Gasteiger partial charge in [0.05, 0.1) is 24.6 Å². The van der Waals surface area contributed by atoms with Crippen molar-refractivity contribution in [1.29, 1.82) is 0 Å². The number of hydrogen-bond acceptors (Lipinski definition) is 5. The van der Waals surface area contributed by atoms with Crippen LogP contribution in [0.1, 0.15) is 5.69 Å². The molecule has 0 radical (unpaired) electrons. The van der Waals surface area contributed by atoms with E-state index >= 15 is 0 Å². The van der Waals surface area contributed by atoms with E-state index in [1.54, 1.807) is 12.3 Å². The van der Waals surface area contributed by atoms with E-state index in [9.17, 15) is 4.39 Å². The lowest BCUT2D eigenvalue weighted by molar-refractivity contribution is 0.614. The van der Waals surface area contributed by atoms with Crippen LogP contribution in [0, 0.1) is 5.82 Å². The molecule has 0 amide bonds. The summed E-state index contributed by atoms with van der Waals surface area (Å²) < 4.78 is 12.5. The van der Waals surface area contributed by atoms with Crippen molar-refractivity contribution in [2.24, 2.45) is 0 Å². The van der Waals surface area contributed by atoms with E-state index < -0.39 is 5.82 Å². The highest BCUT2D eigenvalue weighted by atomic mass is 19.1. The van der Waals surface area contributed by atoms with Crippen LogP contribution >= 0.6 is 0 Å². The maximum Gasteiger partial charge on any atom is 0.223 e. The highest BCUT2D eigenvalue weighted by Crippen LogP contribution is 2.00. The first-order valence-corrected chi connectivity index (χ1v) is 4.32. The number of nitrogens with zero attached hydrogens (tertiary/aromatic N) is 4. The van der Waals surface area contributed by atoms with Gasteiger partial charge < -0.3 is 5.32 Å². The Balaban J connectivity index is 1.96. The molecular weight excluding hydrogens is 197 g/mol. The van der Waals surface area contributed by atoms with Crippen LogP contribution in [0.15, 0.2) is 30.7 Å². The molecule has 15 heavy (non-hydrogen) atoms. The zero-order valence-electron chi connectivity index (χ0n) is 7.76. The van der Waals surface area contributed by atoms with Crippen LogP contribution in [-0.4, -0.2) is 20.2 Å². The number of hydrogen-bond donors (Lipinski definition) is 1.